The Balaban J connectivity index is 1.62. The van der Waals surface area contributed by atoms with Gasteiger partial charge in [0.05, 0.1) is 11.1 Å². The molecule has 2 aromatic carbocycles. The highest BCUT2D eigenvalue weighted by Gasteiger charge is 2.34. The number of nitrogens with zero attached hydrogens (tertiary/aromatic N) is 2. The van der Waals surface area contributed by atoms with Gasteiger partial charge in [0, 0.05) is 25.2 Å². The maximum Gasteiger partial charge on any atom is 0.261 e. The summed E-state index contributed by atoms with van der Waals surface area (Å²) in [6.07, 6.45) is 3.63. The van der Waals surface area contributed by atoms with Gasteiger partial charge in [0.2, 0.25) is 0 Å². The van der Waals surface area contributed by atoms with Gasteiger partial charge >= 0.3 is 0 Å². The normalized spacial score (nSPS) is 18.1. The van der Waals surface area contributed by atoms with Crippen molar-refractivity contribution in [3.05, 3.63) is 70.3 Å². The van der Waals surface area contributed by atoms with Crippen LogP contribution in [0, 0.1) is 0 Å². The summed E-state index contributed by atoms with van der Waals surface area (Å²) in [6.45, 7) is 2.74. The van der Waals surface area contributed by atoms with Crippen LogP contribution in [-0.4, -0.2) is 47.2 Å². The molecule has 1 unspecified atom stereocenters. The molecule has 0 saturated carbocycles. The maximum absolute atomic E-state index is 13.3. The van der Waals surface area contributed by atoms with Crippen LogP contribution >= 0.6 is 0 Å². The number of amides is 3. The standard InChI is InChI=1S/C23H24N2O3/c1-3-12-25(18-10-8-15-6-4-5-7-16(15)13-18)21(26)17-9-11-19-20(14-17)23(28)24(2)22(19)27/h4-7,9,11,14,18H,3,8,10,12-13H2,1-2H3. The third kappa shape index (κ3) is 3.01. The largest absolute Gasteiger partial charge is 0.335 e. The van der Waals surface area contributed by atoms with E-state index in [1.54, 1.807) is 18.2 Å². The zero-order valence-corrected chi connectivity index (χ0v) is 16.3. The number of hydrogen-bond donors (Lipinski definition) is 0. The molecule has 2 aliphatic rings. The van der Waals surface area contributed by atoms with Crippen LogP contribution in [0.5, 0.6) is 0 Å². The van der Waals surface area contributed by atoms with Gasteiger partial charge in [-0.2, -0.15) is 0 Å². The molecule has 4 rings (SSSR count). The van der Waals surface area contributed by atoms with Crippen molar-refractivity contribution in [3.63, 3.8) is 0 Å². The molecular formula is C23H24N2O3. The molecule has 1 atom stereocenters. The van der Waals surface area contributed by atoms with Gasteiger partial charge in [0.25, 0.3) is 17.7 Å². The van der Waals surface area contributed by atoms with Crippen molar-refractivity contribution in [3.8, 4) is 0 Å². The fourth-order valence-electron chi connectivity index (χ4n) is 4.30. The summed E-state index contributed by atoms with van der Waals surface area (Å²) >= 11 is 0. The van der Waals surface area contributed by atoms with E-state index in [9.17, 15) is 14.4 Å². The fourth-order valence-corrected chi connectivity index (χ4v) is 4.30. The van der Waals surface area contributed by atoms with Gasteiger partial charge in [0.1, 0.15) is 0 Å². The monoisotopic (exact) mass is 376 g/mol. The van der Waals surface area contributed by atoms with Gasteiger partial charge < -0.3 is 4.90 Å². The van der Waals surface area contributed by atoms with Crippen LogP contribution in [-0.2, 0) is 12.8 Å². The molecule has 0 spiro atoms. The second kappa shape index (κ2) is 7.23. The predicted molar refractivity (Wildman–Crippen MR) is 106 cm³/mol. The second-order valence-corrected chi connectivity index (χ2v) is 7.59. The van der Waals surface area contributed by atoms with Crippen LogP contribution in [0.15, 0.2) is 42.5 Å². The first-order valence-corrected chi connectivity index (χ1v) is 9.85. The number of rotatable bonds is 4. The molecule has 5 nitrogen and oxygen atoms in total. The number of imide groups is 1. The van der Waals surface area contributed by atoms with Gasteiger partial charge in [-0.15, -0.1) is 0 Å². The number of fused-ring (bicyclic) bond motifs is 2. The summed E-state index contributed by atoms with van der Waals surface area (Å²) in [5, 5.41) is 0. The van der Waals surface area contributed by atoms with Crippen molar-refractivity contribution in [2.75, 3.05) is 13.6 Å². The molecule has 0 saturated heterocycles. The van der Waals surface area contributed by atoms with Crippen molar-refractivity contribution < 1.29 is 14.4 Å². The van der Waals surface area contributed by atoms with Gasteiger partial charge in [-0.25, -0.2) is 0 Å². The summed E-state index contributed by atoms with van der Waals surface area (Å²) < 4.78 is 0. The topological polar surface area (TPSA) is 57.7 Å². The van der Waals surface area contributed by atoms with Gasteiger partial charge in [-0.05, 0) is 55.0 Å². The summed E-state index contributed by atoms with van der Waals surface area (Å²) in [5.74, 6) is -0.722. The SMILES string of the molecule is CCCN(C(=O)c1ccc2c(c1)C(=O)N(C)C2=O)C1CCc2ccccc2C1. The van der Waals surface area contributed by atoms with Crippen LogP contribution in [0.4, 0.5) is 0 Å². The Morgan fingerprint density at radius 2 is 1.79 bits per heavy atom. The van der Waals surface area contributed by atoms with Gasteiger partial charge in [0.15, 0.2) is 0 Å². The lowest BCUT2D eigenvalue weighted by Gasteiger charge is -2.35. The summed E-state index contributed by atoms with van der Waals surface area (Å²) in [7, 11) is 1.47. The first-order chi connectivity index (χ1) is 13.5. The van der Waals surface area contributed by atoms with Crippen molar-refractivity contribution in [2.45, 2.75) is 38.6 Å². The lowest BCUT2D eigenvalue weighted by molar-refractivity contribution is 0.0660. The number of benzene rings is 2. The van der Waals surface area contributed by atoms with E-state index >= 15 is 0 Å². The highest BCUT2D eigenvalue weighted by atomic mass is 16.2. The zero-order valence-electron chi connectivity index (χ0n) is 16.3. The number of carbonyl (C=O) groups is 3. The van der Waals surface area contributed by atoms with Crippen LogP contribution in [0.2, 0.25) is 0 Å². The summed E-state index contributed by atoms with van der Waals surface area (Å²) in [6, 6.07) is 13.4. The molecule has 0 N–H and O–H groups in total. The highest BCUT2D eigenvalue weighted by Crippen LogP contribution is 2.27. The van der Waals surface area contributed by atoms with Crippen molar-refractivity contribution in [1.29, 1.82) is 0 Å². The molecule has 1 heterocycles. The lowest BCUT2D eigenvalue weighted by atomic mass is 9.87. The van der Waals surface area contributed by atoms with E-state index in [-0.39, 0.29) is 23.8 Å². The van der Waals surface area contributed by atoms with E-state index in [0.717, 1.165) is 30.6 Å². The number of aryl methyl sites for hydroxylation is 1. The molecule has 1 aliphatic carbocycles. The lowest BCUT2D eigenvalue weighted by Crippen LogP contribution is -2.44. The minimum atomic E-state index is -0.344. The molecule has 28 heavy (non-hydrogen) atoms. The highest BCUT2D eigenvalue weighted by molar-refractivity contribution is 6.21. The summed E-state index contributed by atoms with van der Waals surface area (Å²) in [5.41, 5.74) is 3.85. The van der Waals surface area contributed by atoms with E-state index in [2.05, 4.69) is 25.1 Å². The third-order valence-electron chi connectivity index (χ3n) is 5.82. The summed E-state index contributed by atoms with van der Waals surface area (Å²) in [4.78, 5) is 40.8. The average Bonchev–Trinajstić information content (AvgIpc) is 2.95. The molecule has 3 amide bonds. The van der Waals surface area contributed by atoms with Crippen molar-refractivity contribution in [1.82, 2.24) is 9.80 Å². The van der Waals surface area contributed by atoms with Gasteiger partial charge in [-0.3, -0.25) is 19.3 Å². The molecule has 1 aliphatic heterocycles. The molecule has 2 aromatic rings. The minimum Gasteiger partial charge on any atom is -0.335 e. The quantitative estimate of drug-likeness (QED) is 0.769. The number of carbonyl (C=O) groups excluding carboxylic acids is 3. The molecule has 0 radical (unpaired) electrons. The Labute approximate surface area is 164 Å². The Morgan fingerprint density at radius 1 is 1.07 bits per heavy atom. The molecule has 144 valence electrons. The van der Waals surface area contributed by atoms with E-state index in [1.807, 2.05) is 11.0 Å². The molecule has 5 heteroatoms. The Bertz CT molecular complexity index is 966. The first-order valence-electron chi connectivity index (χ1n) is 9.85. The molecule has 0 fully saturated rings. The molecule has 0 bridgehead atoms. The Hall–Kier alpha value is -2.95. The second-order valence-electron chi connectivity index (χ2n) is 7.59. The van der Waals surface area contributed by atoms with Crippen LogP contribution in [0.25, 0.3) is 0 Å². The average molecular weight is 376 g/mol. The van der Waals surface area contributed by atoms with Crippen LogP contribution in [0.3, 0.4) is 0 Å². The fraction of sp³-hybridized carbons (Fsp3) is 0.348. The van der Waals surface area contributed by atoms with E-state index in [0.29, 0.717) is 23.2 Å². The van der Waals surface area contributed by atoms with E-state index in [1.165, 1.54) is 18.2 Å². The molecular weight excluding hydrogens is 352 g/mol. The number of hydrogen-bond acceptors (Lipinski definition) is 3. The third-order valence-corrected chi connectivity index (χ3v) is 5.82. The van der Waals surface area contributed by atoms with E-state index in [4.69, 9.17) is 0 Å². The van der Waals surface area contributed by atoms with Crippen molar-refractivity contribution >= 4 is 17.7 Å². The van der Waals surface area contributed by atoms with Gasteiger partial charge in [-0.1, -0.05) is 31.2 Å². The van der Waals surface area contributed by atoms with E-state index < -0.39 is 0 Å². The zero-order chi connectivity index (χ0) is 19.8. The van der Waals surface area contributed by atoms with Crippen molar-refractivity contribution in [2.24, 2.45) is 0 Å². The first kappa shape index (κ1) is 18.4. The smallest absolute Gasteiger partial charge is 0.261 e. The maximum atomic E-state index is 13.3. The molecule has 0 aromatic heterocycles. The van der Waals surface area contributed by atoms with Crippen LogP contribution in [0.1, 0.15) is 62.0 Å². The Morgan fingerprint density at radius 3 is 2.54 bits per heavy atom. The van der Waals surface area contributed by atoms with Crippen LogP contribution < -0.4 is 0 Å². The predicted octanol–water partition coefficient (Wildman–Crippen LogP) is 3.32. The minimum absolute atomic E-state index is 0.0659. The Kier molecular flexibility index (Phi) is 4.75.